The third kappa shape index (κ3) is 2.26. The highest BCUT2D eigenvalue weighted by Crippen LogP contribution is 2.32. The minimum Gasteiger partial charge on any atom is -0.347 e. The average molecular weight is 266 g/mol. The van der Waals surface area contributed by atoms with Gasteiger partial charge in [0.1, 0.15) is 5.82 Å². The highest BCUT2D eigenvalue weighted by atomic mass is 32.1. The quantitative estimate of drug-likeness (QED) is 0.842. The van der Waals surface area contributed by atoms with Gasteiger partial charge in [-0.25, -0.2) is 4.98 Å². The van der Waals surface area contributed by atoms with Crippen molar-refractivity contribution in [2.24, 2.45) is 11.8 Å². The Morgan fingerprint density at radius 3 is 2.78 bits per heavy atom. The first-order valence-electron chi connectivity index (χ1n) is 6.84. The number of nitrogens with one attached hydrogen (secondary N) is 1. The molecule has 2 atom stereocenters. The van der Waals surface area contributed by atoms with E-state index < -0.39 is 0 Å². The van der Waals surface area contributed by atoms with Crippen LogP contribution >= 0.6 is 11.5 Å². The van der Waals surface area contributed by atoms with Crippen molar-refractivity contribution in [3.63, 3.8) is 0 Å². The van der Waals surface area contributed by atoms with Crippen LogP contribution in [-0.4, -0.2) is 35.5 Å². The van der Waals surface area contributed by atoms with Crippen molar-refractivity contribution in [2.75, 3.05) is 31.1 Å². The van der Waals surface area contributed by atoms with E-state index in [0.717, 1.165) is 35.9 Å². The Morgan fingerprint density at radius 1 is 1.28 bits per heavy atom. The fourth-order valence-corrected chi connectivity index (χ4v) is 3.75. The monoisotopic (exact) mass is 266 g/mol. The van der Waals surface area contributed by atoms with Crippen LogP contribution < -0.4 is 10.2 Å². The Balaban J connectivity index is 1.73. The summed E-state index contributed by atoms with van der Waals surface area (Å²) in [6, 6.07) is 0. The Hall–Kier alpha value is -0.680. The molecule has 0 radical (unpaired) electrons. The summed E-state index contributed by atoms with van der Waals surface area (Å²) in [7, 11) is 0. The first kappa shape index (κ1) is 12.4. The molecule has 1 N–H and O–H groups in total. The van der Waals surface area contributed by atoms with Gasteiger partial charge in [0.15, 0.2) is 0 Å². The van der Waals surface area contributed by atoms with Crippen molar-refractivity contribution < 1.29 is 0 Å². The van der Waals surface area contributed by atoms with Crippen LogP contribution in [0.3, 0.4) is 0 Å². The van der Waals surface area contributed by atoms with Crippen LogP contribution in [0, 0.1) is 11.8 Å². The summed E-state index contributed by atoms with van der Waals surface area (Å²) in [5.41, 5.74) is 0.0575. The molecule has 3 heterocycles. The zero-order chi connectivity index (χ0) is 12.8. The lowest BCUT2D eigenvalue weighted by Crippen LogP contribution is -2.40. The summed E-state index contributed by atoms with van der Waals surface area (Å²) in [6.45, 7) is 11.2. The molecule has 0 aliphatic carbocycles. The third-order valence-electron chi connectivity index (χ3n) is 4.06. The van der Waals surface area contributed by atoms with Crippen LogP contribution in [-0.2, 0) is 5.41 Å². The minimum atomic E-state index is 0.0575. The van der Waals surface area contributed by atoms with E-state index in [0.29, 0.717) is 0 Å². The maximum atomic E-state index is 4.73. The van der Waals surface area contributed by atoms with E-state index in [1.807, 2.05) is 0 Å². The first-order chi connectivity index (χ1) is 8.54. The van der Waals surface area contributed by atoms with Gasteiger partial charge < -0.3 is 10.2 Å². The van der Waals surface area contributed by atoms with Crippen LogP contribution in [0.1, 0.15) is 33.0 Å². The number of aromatic nitrogens is 2. The van der Waals surface area contributed by atoms with Gasteiger partial charge in [0, 0.05) is 30.0 Å². The van der Waals surface area contributed by atoms with Crippen LogP contribution in [0.2, 0.25) is 0 Å². The standard InChI is InChI=1S/C13H22N4S/c1-13(2,3)11-15-12(18-16-11)17-5-4-9-6-14-7-10(9)8-17/h9-10,14H,4-8H2,1-3H3. The van der Waals surface area contributed by atoms with Gasteiger partial charge in [-0.2, -0.15) is 4.37 Å². The number of nitrogens with zero attached hydrogens (tertiary/aromatic N) is 3. The van der Waals surface area contributed by atoms with Crippen molar-refractivity contribution >= 4 is 16.7 Å². The second-order valence-electron chi connectivity index (χ2n) is 6.56. The molecule has 0 aromatic carbocycles. The number of anilines is 1. The lowest BCUT2D eigenvalue weighted by atomic mass is 9.89. The molecule has 2 aliphatic heterocycles. The molecule has 5 heteroatoms. The second kappa shape index (κ2) is 4.46. The fourth-order valence-electron chi connectivity index (χ4n) is 2.86. The molecule has 1 aromatic rings. The van der Waals surface area contributed by atoms with Crippen molar-refractivity contribution in [2.45, 2.75) is 32.6 Å². The molecule has 0 bridgehead atoms. The number of rotatable bonds is 1. The average Bonchev–Trinajstić information content (AvgIpc) is 2.96. The van der Waals surface area contributed by atoms with Gasteiger partial charge in [-0.15, -0.1) is 0 Å². The topological polar surface area (TPSA) is 41.1 Å². The molecular weight excluding hydrogens is 244 g/mol. The van der Waals surface area contributed by atoms with E-state index in [4.69, 9.17) is 4.98 Å². The molecule has 2 aliphatic rings. The smallest absolute Gasteiger partial charge is 0.205 e. The Bertz CT molecular complexity index is 423. The lowest BCUT2D eigenvalue weighted by molar-refractivity contribution is 0.348. The molecular formula is C13H22N4S. The van der Waals surface area contributed by atoms with Gasteiger partial charge in [-0.1, -0.05) is 20.8 Å². The minimum absolute atomic E-state index is 0.0575. The predicted octanol–water partition coefficient (Wildman–Crippen LogP) is 1.88. The third-order valence-corrected chi connectivity index (χ3v) is 4.84. The van der Waals surface area contributed by atoms with Crippen LogP contribution in [0.4, 0.5) is 5.13 Å². The second-order valence-corrected chi connectivity index (χ2v) is 7.29. The number of piperidine rings is 1. The van der Waals surface area contributed by atoms with Crippen molar-refractivity contribution in [3.05, 3.63) is 5.82 Å². The Labute approximate surface area is 113 Å². The SMILES string of the molecule is CC(C)(C)c1nsc(N2CCC3CNCC3C2)n1. The molecule has 4 nitrogen and oxygen atoms in total. The zero-order valence-electron chi connectivity index (χ0n) is 11.4. The molecule has 0 amide bonds. The van der Waals surface area contributed by atoms with Gasteiger partial charge in [-0.05, 0) is 31.3 Å². The van der Waals surface area contributed by atoms with E-state index in [1.54, 1.807) is 11.5 Å². The van der Waals surface area contributed by atoms with Crippen LogP contribution in [0.5, 0.6) is 0 Å². The molecule has 100 valence electrons. The summed E-state index contributed by atoms with van der Waals surface area (Å²) in [4.78, 5) is 7.16. The lowest BCUT2D eigenvalue weighted by Gasteiger charge is -2.34. The molecule has 1 aromatic heterocycles. The highest BCUT2D eigenvalue weighted by Gasteiger charge is 2.34. The van der Waals surface area contributed by atoms with Gasteiger partial charge in [0.25, 0.3) is 0 Å². The summed E-state index contributed by atoms with van der Waals surface area (Å²) in [5.74, 6) is 2.67. The summed E-state index contributed by atoms with van der Waals surface area (Å²) in [6.07, 6.45) is 1.29. The van der Waals surface area contributed by atoms with Crippen molar-refractivity contribution in [1.29, 1.82) is 0 Å². The van der Waals surface area contributed by atoms with E-state index in [1.165, 1.54) is 19.5 Å². The van der Waals surface area contributed by atoms with Gasteiger partial charge in [0.05, 0.1) is 0 Å². The highest BCUT2D eigenvalue weighted by molar-refractivity contribution is 7.09. The molecule has 2 fully saturated rings. The maximum absolute atomic E-state index is 4.73. The Morgan fingerprint density at radius 2 is 2.06 bits per heavy atom. The number of hydrogen-bond donors (Lipinski definition) is 1. The van der Waals surface area contributed by atoms with E-state index in [-0.39, 0.29) is 5.41 Å². The van der Waals surface area contributed by atoms with Gasteiger partial charge in [-0.3, -0.25) is 0 Å². The number of hydrogen-bond acceptors (Lipinski definition) is 5. The Kier molecular flexibility index (Phi) is 3.06. The fraction of sp³-hybridized carbons (Fsp3) is 0.846. The number of fused-ring (bicyclic) bond motifs is 1. The van der Waals surface area contributed by atoms with Gasteiger partial charge in [0.2, 0.25) is 5.13 Å². The molecule has 18 heavy (non-hydrogen) atoms. The molecule has 2 unspecified atom stereocenters. The molecule has 0 spiro atoms. The van der Waals surface area contributed by atoms with E-state index in [9.17, 15) is 0 Å². The molecule has 0 saturated carbocycles. The van der Waals surface area contributed by atoms with Crippen molar-refractivity contribution in [1.82, 2.24) is 14.7 Å². The molecule has 3 rings (SSSR count). The largest absolute Gasteiger partial charge is 0.347 e. The van der Waals surface area contributed by atoms with Crippen LogP contribution in [0.15, 0.2) is 0 Å². The molecule has 2 saturated heterocycles. The summed E-state index contributed by atoms with van der Waals surface area (Å²) in [5, 5.41) is 4.62. The van der Waals surface area contributed by atoms with Crippen LogP contribution in [0.25, 0.3) is 0 Å². The summed E-state index contributed by atoms with van der Waals surface area (Å²) >= 11 is 1.56. The van der Waals surface area contributed by atoms with Gasteiger partial charge >= 0.3 is 0 Å². The van der Waals surface area contributed by atoms with E-state index >= 15 is 0 Å². The summed E-state index contributed by atoms with van der Waals surface area (Å²) < 4.78 is 4.52. The zero-order valence-corrected chi connectivity index (χ0v) is 12.3. The first-order valence-corrected chi connectivity index (χ1v) is 7.61. The maximum Gasteiger partial charge on any atom is 0.205 e. The van der Waals surface area contributed by atoms with Crippen molar-refractivity contribution in [3.8, 4) is 0 Å². The normalized spacial score (nSPS) is 28.5. The predicted molar refractivity (Wildman–Crippen MR) is 75.3 cm³/mol. The van der Waals surface area contributed by atoms with E-state index in [2.05, 4.69) is 35.4 Å².